The predicted molar refractivity (Wildman–Crippen MR) is 79.4 cm³/mol. The van der Waals surface area contributed by atoms with Gasteiger partial charge in [0.2, 0.25) is 5.91 Å². The van der Waals surface area contributed by atoms with Gasteiger partial charge >= 0.3 is 0 Å². The van der Waals surface area contributed by atoms with E-state index in [2.05, 4.69) is 24.1 Å². The van der Waals surface area contributed by atoms with Crippen LogP contribution in [0.25, 0.3) is 0 Å². The Morgan fingerprint density at radius 1 is 1.45 bits per heavy atom. The maximum absolute atomic E-state index is 12.3. The van der Waals surface area contributed by atoms with Crippen LogP contribution < -0.4 is 11.1 Å². The van der Waals surface area contributed by atoms with E-state index in [9.17, 15) is 4.79 Å². The summed E-state index contributed by atoms with van der Waals surface area (Å²) in [6.07, 6.45) is 3.67. The third-order valence-electron chi connectivity index (χ3n) is 4.67. The van der Waals surface area contributed by atoms with Crippen molar-refractivity contribution >= 4 is 5.91 Å². The third kappa shape index (κ3) is 3.93. The molecule has 2 rings (SSSR count). The molecule has 0 spiro atoms. The zero-order valence-electron chi connectivity index (χ0n) is 12.9. The number of hydrogen-bond acceptors (Lipinski definition) is 4. The Balaban J connectivity index is 1.78. The van der Waals surface area contributed by atoms with Gasteiger partial charge in [-0.05, 0) is 52.0 Å². The minimum atomic E-state index is -0.718. The van der Waals surface area contributed by atoms with Gasteiger partial charge in [0, 0.05) is 32.3 Å². The lowest BCUT2D eigenvalue weighted by molar-refractivity contribution is -0.130. The molecule has 0 aromatic rings. The van der Waals surface area contributed by atoms with Crippen LogP contribution in [0, 0.1) is 5.92 Å². The van der Waals surface area contributed by atoms with Crippen molar-refractivity contribution in [3.05, 3.63) is 0 Å². The Kier molecular flexibility index (Phi) is 5.41. The number of amides is 1. The molecule has 20 heavy (non-hydrogen) atoms. The molecule has 2 aliphatic rings. The second-order valence-electron chi connectivity index (χ2n) is 6.58. The van der Waals surface area contributed by atoms with Crippen LogP contribution in [0.4, 0.5) is 0 Å². The first-order valence-corrected chi connectivity index (χ1v) is 7.90. The van der Waals surface area contributed by atoms with E-state index >= 15 is 0 Å². The first kappa shape index (κ1) is 15.7. The molecule has 0 aliphatic carbocycles. The highest BCUT2D eigenvalue weighted by Gasteiger charge is 2.36. The fraction of sp³-hybridized carbons (Fsp3) is 0.933. The summed E-state index contributed by atoms with van der Waals surface area (Å²) in [6, 6.07) is 0.588. The smallest absolute Gasteiger partial charge is 0.240 e. The lowest BCUT2D eigenvalue weighted by Crippen LogP contribution is -2.58. The number of piperidine rings is 1. The molecule has 116 valence electrons. The number of nitrogens with one attached hydrogen (secondary N) is 1. The summed E-state index contributed by atoms with van der Waals surface area (Å²) in [5.41, 5.74) is 5.47. The molecule has 0 saturated carbocycles. The van der Waals surface area contributed by atoms with E-state index in [-0.39, 0.29) is 5.91 Å². The highest BCUT2D eigenvalue weighted by molar-refractivity contribution is 5.86. The first-order chi connectivity index (χ1) is 9.51. The fourth-order valence-electron chi connectivity index (χ4n) is 3.11. The molecule has 0 aromatic carbocycles. The minimum Gasteiger partial charge on any atom is -0.381 e. The highest BCUT2D eigenvalue weighted by atomic mass is 16.5. The molecule has 1 unspecified atom stereocenters. The molecule has 0 aromatic heterocycles. The van der Waals surface area contributed by atoms with Crippen molar-refractivity contribution in [2.75, 3.05) is 32.8 Å². The van der Waals surface area contributed by atoms with E-state index in [4.69, 9.17) is 10.5 Å². The van der Waals surface area contributed by atoms with Gasteiger partial charge in [-0.15, -0.1) is 0 Å². The molecule has 3 N–H and O–H groups in total. The van der Waals surface area contributed by atoms with E-state index in [1.54, 1.807) is 0 Å². The molecule has 2 aliphatic heterocycles. The quantitative estimate of drug-likeness (QED) is 0.798. The average molecular weight is 283 g/mol. The topological polar surface area (TPSA) is 67.6 Å². The fourth-order valence-corrected chi connectivity index (χ4v) is 3.11. The molecule has 2 heterocycles. The number of nitrogens with zero attached hydrogens (tertiary/aromatic N) is 1. The van der Waals surface area contributed by atoms with Crippen molar-refractivity contribution in [1.82, 2.24) is 10.2 Å². The van der Waals surface area contributed by atoms with Crippen molar-refractivity contribution in [2.24, 2.45) is 11.7 Å². The minimum absolute atomic E-state index is 0.00229. The van der Waals surface area contributed by atoms with Gasteiger partial charge in [0.25, 0.3) is 0 Å². The van der Waals surface area contributed by atoms with Crippen LogP contribution in [-0.4, -0.2) is 55.2 Å². The van der Waals surface area contributed by atoms with Gasteiger partial charge < -0.3 is 20.7 Å². The van der Waals surface area contributed by atoms with Gasteiger partial charge in [-0.2, -0.15) is 0 Å². The highest BCUT2D eigenvalue weighted by Crippen LogP contribution is 2.20. The summed E-state index contributed by atoms with van der Waals surface area (Å²) in [7, 11) is 0. The largest absolute Gasteiger partial charge is 0.381 e. The van der Waals surface area contributed by atoms with Gasteiger partial charge in [0.15, 0.2) is 0 Å². The van der Waals surface area contributed by atoms with Gasteiger partial charge in [-0.1, -0.05) is 0 Å². The first-order valence-electron chi connectivity index (χ1n) is 7.90. The summed E-state index contributed by atoms with van der Waals surface area (Å²) in [5, 5.41) is 3.08. The number of ether oxygens (including phenoxy) is 1. The van der Waals surface area contributed by atoms with Crippen LogP contribution in [0.2, 0.25) is 0 Å². The SMILES string of the molecule is CC(C)N1CCCC(CNC(=O)C2(N)CCOCC2)C1. The Labute approximate surface area is 122 Å². The van der Waals surface area contributed by atoms with Crippen molar-refractivity contribution in [2.45, 2.75) is 51.1 Å². The maximum Gasteiger partial charge on any atom is 0.240 e. The zero-order chi connectivity index (χ0) is 14.6. The van der Waals surface area contributed by atoms with E-state index in [1.807, 2.05) is 0 Å². The van der Waals surface area contributed by atoms with Crippen molar-refractivity contribution in [3.8, 4) is 0 Å². The average Bonchev–Trinajstić information content (AvgIpc) is 2.45. The maximum atomic E-state index is 12.3. The van der Waals surface area contributed by atoms with Gasteiger partial charge in [-0.25, -0.2) is 0 Å². The van der Waals surface area contributed by atoms with E-state index < -0.39 is 5.54 Å². The summed E-state index contributed by atoms with van der Waals surface area (Å²) in [6.45, 7) is 8.67. The van der Waals surface area contributed by atoms with Gasteiger partial charge in [-0.3, -0.25) is 4.79 Å². The van der Waals surface area contributed by atoms with Crippen molar-refractivity contribution in [3.63, 3.8) is 0 Å². The van der Waals surface area contributed by atoms with Crippen LogP contribution in [0.1, 0.15) is 39.5 Å². The van der Waals surface area contributed by atoms with Gasteiger partial charge in [0.05, 0.1) is 5.54 Å². The van der Waals surface area contributed by atoms with Crippen LogP contribution >= 0.6 is 0 Å². The van der Waals surface area contributed by atoms with Crippen molar-refractivity contribution < 1.29 is 9.53 Å². The second-order valence-corrected chi connectivity index (χ2v) is 6.58. The number of rotatable bonds is 4. The molecule has 0 radical (unpaired) electrons. The molecule has 2 saturated heterocycles. The normalized spacial score (nSPS) is 27.5. The van der Waals surface area contributed by atoms with Crippen LogP contribution in [0.3, 0.4) is 0 Å². The molecule has 1 atom stereocenters. The summed E-state index contributed by atoms with van der Waals surface area (Å²) in [5.74, 6) is 0.556. The number of carbonyl (C=O) groups excluding carboxylic acids is 1. The lowest BCUT2D eigenvalue weighted by atomic mass is 9.89. The number of likely N-dealkylation sites (tertiary alicyclic amines) is 1. The summed E-state index contributed by atoms with van der Waals surface area (Å²) in [4.78, 5) is 14.8. The molecule has 5 heteroatoms. The van der Waals surface area contributed by atoms with E-state index in [1.165, 1.54) is 19.4 Å². The monoisotopic (exact) mass is 283 g/mol. The van der Waals surface area contributed by atoms with Crippen LogP contribution in [0.5, 0.6) is 0 Å². The standard InChI is InChI=1S/C15H29N3O2/c1-12(2)18-7-3-4-13(11-18)10-17-14(19)15(16)5-8-20-9-6-15/h12-13H,3-11,16H2,1-2H3,(H,17,19). The number of nitrogens with two attached hydrogens (primary N) is 1. The molecule has 1 amide bonds. The summed E-state index contributed by atoms with van der Waals surface area (Å²) < 4.78 is 5.28. The molecule has 0 bridgehead atoms. The van der Waals surface area contributed by atoms with Crippen molar-refractivity contribution in [1.29, 1.82) is 0 Å². The number of carbonyl (C=O) groups is 1. The Morgan fingerprint density at radius 2 is 2.15 bits per heavy atom. The third-order valence-corrected chi connectivity index (χ3v) is 4.67. The Bertz CT molecular complexity index is 327. The lowest BCUT2D eigenvalue weighted by Gasteiger charge is -2.36. The Hall–Kier alpha value is -0.650. The van der Waals surface area contributed by atoms with Crippen LogP contribution in [-0.2, 0) is 9.53 Å². The zero-order valence-corrected chi connectivity index (χ0v) is 12.9. The van der Waals surface area contributed by atoms with E-state index in [0.717, 1.165) is 13.1 Å². The molecule has 5 nitrogen and oxygen atoms in total. The molecular weight excluding hydrogens is 254 g/mol. The second kappa shape index (κ2) is 6.87. The van der Waals surface area contributed by atoms with E-state index in [0.29, 0.717) is 38.0 Å². The predicted octanol–water partition coefficient (Wildman–Crippen LogP) is 0.731. The van der Waals surface area contributed by atoms with Crippen LogP contribution in [0.15, 0.2) is 0 Å². The molecular formula is C15H29N3O2. The Morgan fingerprint density at radius 3 is 2.80 bits per heavy atom. The molecule has 2 fully saturated rings. The summed E-state index contributed by atoms with van der Waals surface area (Å²) >= 11 is 0. The van der Waals surface area contributed by atoms with Gasteiger partial charge in [0.1, 0.15) is 0 Å². The number of hydrogen-bond donors (Lipinski definition) is 2.